The maximum atomic E-state index is 8.41. The lowest BCUT2D eigenvalue weighted by atomic mass is 10.3. The molecule has 1 atom stereocenters. The SMILES string of the molecule is CCN(CCC#N)C(C)COC. The van der Waals surface area contributed by atoms with Crippen LogP contribution in [0.15, 0.2) is 0 Å². The van der Waals surface area contributed by atoms with Gasteiger partial charge in [-0.15, -0.1) is 0 Å². The molecule has 1 unspecified atom stereocenters. The monoisotopic (exact) mass is 170 g/mol. The lowest BCUT2D eigenvalue weighted by Crippen LogP contribution is -2.36. The summed E-state index contributed by atoms with van der Waals surface area (Å²) in [6.45, 7) is 6.77. The first kappa shape index (κ1) is 11.4. The van der Waals surface area contributed by atoms with Crippen LogP contribution in [0.2, 0.25) is 0 Å². The molecule has 0 bridgehead atoms. The van der Waals surface area contributed by atoms with Crippen molar-refractivity contribution in [2.24, 2.45) is 0 Å². The van der Waals surface area contributed by atoms with Gasteiger partial charge in [0.1, 0.15) is 0 Å². The Labute approximate surface area is 74.9 Å². The fraction of sp³-hybridized carbons (Fsp3) is 0.889. The van der Waals surface area contributed by atoms with Crippen molar-refractivity contribution in [2.45, 2.75) is 26.3 Å². The molecular formula is C9H18N2O. The summed E-state index contributed by atoms with van der Waals surface area (Å²) in [6, 6.07) is 2.56. The molecule has 0 aromatic heterocycles. The molecule has 3 heteroatoms. The van der Waals surface area contributed by atoms with E-state index in [1.54, 1.807) is 7.11 Å². The van der Waals surface area contributed by atoms with Gasteiger partial charge in [-0.1, -0.05) is 6.92 Å². The summed E-state index contributed by atoms with van der Waals surface area (Å²) < 4.78 is 5.04. The number of nitrogens with zero attached hydrogens (tertiary/aromatic N) is 2. The topological polar surface area (TPSA) is 36.3 Å². The van der Waals surface area contributed by atoms with Crippen molar-refractivity contribution in [3.8, 4) is 6.07 Å². The predicted molar refractivity (Wildman–Crippen MR) is 48.8 cm³/mol. The summed E-state index contributed by atoms with van der Waals surface area (Å²) >= 11 is 0. The molecule has 0 spiro atoms. The number of hydrogen-bond donors (Lipinski definition) is 0. The van der Waals surface area contributed by atoms with Gasteiger partial charge in [-0.2, -0.15) is 5.26 Å². The number of ether oxygens (including phenoxy) is 1. The number of likely N-dealkylation sites (N-methyl/N-ethyl adjacent to an activating group) is 1. The lowest BCUT2D eigenvalue weighted by molar-refractivity contribution is 0.104. The van der Waals surface area contributed by atoms with E-state index in [1.807, 2.05) is 0 Å². The smallest absolute Gasteiger partial charge is 0.0635 e. The Hall–Kier alpha value is -0.590. The van der Waals surface area contributed by atoms with E-state index in [9.17, 15) is 0 Å². The molecular weight excluding hydrogens is 152 g/mol. The Kier molecular flexibility index (Phi) is 6.73. The molecule has 0 fully saturated rings. The highest BCUT2D eigenvalue weighted by molar-refractivity contribution is 4.74. The number of nitriles is 1. The van der Waals surface area contributed by atoms with Crippen LogP contribution >= 0.6 is 0 Å². The Balaban J connectivity index is 3.72. The summed E-state index contributed by atoms with van der Waals surface area (Å²) in [5.41, 5.74) is 0. The molecule has 0 N–H and O–H groups in total. The van der Waals surface area contributed by atoms with Crippen LogP contribution in [-0.2, 0) is 4.74 Å². The third-order valence-electron chi connectivity index (χ3n) is 1.95. The van der Waals surface area contributed by atoms with E-state index in [4.69, 9.17) is 10.00 Å². The molecule has 3 nitrogen and oxygen atoms in total. The van der Waals surface area contributed by atoms with Gasteiger partial charge >= 0.3 is 0 Å². The molecule has 70 valence electrons. The fourth-order valence-electron chi connectivity index (χ4n) is 1.23. The second-order valence-corrected chi connectivity index (χ2v) is 2.84. The van der Waals surface area contributed by atoms with Gasteiger partial charge in [-0.25, -0.2) is 0 Å². The fourth-order valence-corrected chi connectivity index (χ4v) is 1.23. The van der Waals surface area contributed by atoms with Gasteiger partial charge in [0.15, 0.2) is 0 Å². The highest BCUT2D eigenvalue weighted by atomic mass is 16.5. The molecule has 0 radical (unpaired) electrons. The number of methoxy groups -OCH3 is 1. The van der Waals surface area contributed by atoms with Crippen molar-refractivity contribution < 1.29 is 4.74 Å². The van der Waals surface area contributed by atoms with Crippen LogP contribution < -0.4 is 0 Å². The second-order valence-electron chi connectivity index (χ2n) is 2.84. The summed E-state index contributed by atoms with van der Waals surface area (Å²) in [4.78, 5) is 2.24. The molecule has 0 saturated heterocycles. The van der Waals surface area contributed by atoms with E-state index in [-0.39, 0.29) is 0 Å². The van der Waals surface area contributed by atoms with Crippen molar-refractivity contribution in [3.05, 3.63) is 0 Å². The lowest BCUT2D eigenvalue weighted by Gasteiger charge is -2.25. The average molecular weight is 170 g/mol. The normalized spacial score (nSPS) is 12.9. The highest BCUT2D eigenvalue weighted by Crippen LogP contribution is 1.99. The first-order valence-electron chi connectivity index (χ1n) is 4.36. The maximum absolute atomic E-state index is 8.41. The van der Waals surface area contributed by atoms with E-state index in [1.165, 1.54) is 0 Å². The molecule has 0 aliphatic heterocycles. The van der Waals surface area contributed by atoms with Gasteiger partial charge in [-0.05, 0) is 13.5 Å². The average Bonchev–Trinajstić information content (AvgIpc) is 2.06. The largest absolute Gasteiger partial charge is 0.383 e. The number of rotatable bonds is 6. The molecule has 0 rings (SSSR count). The molecule has 0 aromatic rings. The van der Waals surface area contributed by atoms with Gasteiger partial charge < -0.3 is 4.74 Å². The van der Waals surface area contributed by atoms with Crippen LogP contribution in [0.4, 0.5) is 0 Å². The van der Waals surface area contributed by atoms with Crippen LogP contribution in [0, 0.1) is 11.3 Å². The van der Waals surface area contributed by atoms with Gasteiger partial charge in [-0.3, -0.25) is 4.90 Å². The molecule has 0 amide bonds. The molecule has 0 aromatic carbocycles. The zero-order valence-electron chi connectivity index (χ0n) is 8.21. The van der Waals surface area contributed by atoms with Crippen LogP contribution in [-0.4, -0.2) is 37.7 Å². The highest BCUT2D eigenvalue weighted by Gasteiger charge is 2.10. The van der Waals surface area contributed by atoms with Gasteiger partial charge in [0.25, 0.3) is 0 Å². The summed E-state index contributed by atoms with van der Waals surface area (Å²) in [5.74, 6) is 0. The zero-order chi connectivity index (χ0) is 9.40. The third-order valence-corrected chi connectivity index (χ3v) is 1.95. The van der Waals surface area contributed by atoms with Crippen molar-refractivity contribution in [3.63, 3.8) is 0 Å². The summed E-state index contributed by atoms with van der Waals surface area (Å²) in [5, 5.41) is 8.41. The Morgan fingerprint density at radius 2 is 2.25 bits per heavy atom. The minimum absolute atomic E-state index is 0.411. The van der Waals surface area contributed by atoms with Crippen LogP contribution in [0.1, 0.15) is 20.3 Å². The molecule has 12 heavy (non-hydrogen) atoms. The Morgan fingerprint density at radius 3 is 2.67 bits per heavy atom. The molecule has 0 aliphatic carbocycles. The van der Waals surface area contributed by atoms with Crippen molar-refractivity contribution in [1.82, 2.24) is 4.90 Å². The van der Waals surface area contributed by atoms with Crippen molar-refractivity contribution in [1.29, 1.82) is 5.26 Å². The van der Waals surface area contributed by atoms with Crippen molar-refractivity contribution in [2.75, 3.05) is 26.8 Å². The summed E-state index contributed by atoms with van der Waals surface area (Å²) in [7, 11) is 1.70. The predicted octanol–water partition coefficient (Wildman–Crippen LogP) is 1.26. The van der Waals surface area contributed by atoms with E-state index in [0.29, 0.717) is 12.5 Å². The minimum Gasteiger partial charge on any atom is -0.383 e. The Bertz CT molecular complexity index is 142. The molecule has 0 heterocycles. The minimum atomic E-state index is 0.411. The molecule has 0 saturated carbocycles. The van der Waals surface area contributed by atoms with Crippen LogP contribution in [0.3, 0.4) is 0 Å². The van der Waals surface area contributed by atoms with Gasteiger partial charge in [0, 0.05) is 26.1 Å². The van der Waals surface area contributed by atoms with Gasteiger partial charge in [0.2, 0.25) is 0 Å². The first-order chi connectivity index (χ1) is 5.76. The second kappa shape index (κ2) is 7.08. The first-order valence-corrected chi connectivity index (χ1v) is 4.36. The molecule has 0 aliphatic rings. The zero-order valence-corrected chi connectivity index (χ0v) is 8.21. The van der Waals surface area contributed by atoms with Gasteiger partial charge in [0.05, 0.1) is 12.7 Å². The van der Waals surface area contributed by atoms with E-state index >= 15 is 0 Å². The van der Waals surface area contributed by atoms with Crippen molar-refractivity contribution >= 4 is 0 Å². The third kappa shape index (κ3) is 4.32. The quantitative estimate of drug-likeness (QED) is 0.602. The van der Waals surface area contributed by atoms with E-state index in [2.05, 4.69) is 24.8 Å². The van der Waals surface area contributed by atoms with Crippen LogP contribution in [0.25, 0.3) is 0 Å². The van der Waals surface area contributed by atoms with E-state index in [0.717, 1.165) is 19.7 Å². The summed E-state index contributed by atoms with van der Waals surface area (Å²) in [6.07, 6.45) is 0.599. The Morgan fingerprint density at radius 1 is 1.58 bits per heavy atom. The number of hydrogen-bond acceptors (Lipinski definition) is 3. The van der Waals surface area contributed by atoms with E-state index < -0.39 is 0 Å². The maximum Gasteiger partial charge on any atom is 0.0635 e. The standard InChI is InChI=1S/C9H18N2O/c1-4-11(7-5-6-10)9(2)8-12-3/h9H,4-5,7-8H2,1-3H3. The van der Waals surface area contributed by atoms with Crippen LogP contribution in [0.5, 0.6) is 0 Å².